The van der Waals surface area contributed by atoms with Crippen LogP contribution in [0.3, 0.4) is 0 Å². The molecule has 1 saturated heterocycles. The quantitative estimate of drug-likeness (QED) is 0.479. The first-order valence-corrected chi connectivity index (χ1v) is 13.6. The molecule has 0 aliphatic carbocycles. The first-order valence-electron chi connectivity index (χ1n) is 12.2. The zero-order valence-corrected chi connectivity index (χ0v) is 21.6. The van der Waals surface area contributed by atoms with Crippen LogP contribution >= 0.6 is 0 Å². The standard InChI is InChI=1S/C25H30N6O5S/c1-17-22(37(35,36)30-13-12-29-10-4-7-19(29)16-30)14-21(28(17)2)24(32)27-15-18-6-3-9-26-23(18)31-11-5-8-20(31)25(33)34/h3-4,6-7,9-10,14,20H,5,8,11-13,15-16H2,1-2H3,(H,27,32)(H,33,34). The van der Waals surface area contributed by atoms with Crippen molar-refractivity contribution < 1.29 is 23.1 Å². The molecular formula is C25H30N6O5S. The molecule has 1 atom stereocenters. The average molecular weight is 527 g/mol. The van der Waals surface area contributed by atoms with Gasteiger partial charge in [0, 0.05) is 62.6 Å². The van der Waals surface area contributed by atoms with Crippen LogP contribution < -0.4 is 10.2 Å². The molecule has 1 fully saturated rings. The van der Waals surface area contributed by atoms with Gasteiger partial charge in [-0.15, -0.1) is 0 Å². The van der Waals surface area contributed by atoms with Crippen LogP contribution in [0, 0.1) is 6.92 Å². The third-order valence-electron chi connectivity index (χ3n) is 7.31. The molecule has 3 aromatic rings. The lowest BCUT2D eigenvalue weighted by Gasteiger charge is -2.27. The Bertz CT molecular complexity index is 1460. The highest BCUT2D eigenvalue weighted by Crippen LogP contribution is 2.28. The third-order valence-corrected chi connectivity index (χ3v) is 9.27. The second kappa shape index (κ2) is 9.67. The Labute approximate surface area is 215 Å². The number of aliphatic carboxylic acids is 1. The highest BCUT2D eigenvalue weighted by atomic mass is 32.2. The van der Waals surface area contributed by atoms with Gasteiger partial charge in [0.1, 0.15) is 22.4 Å². The Morgan fingerprint density at radius 2 is 2.00 bits per heavy atom. The van der Waals surface area contributed by atoms with Crippen LogP contribution in [-0.4, -0.2) is 63.0 Å². The van der Waals surface area contributed by atoms with E-state index in [0.29, 0.717) is 43.1 Å². The molecule has 11 nitrogen and oxygen atoms in total. The van der Waals surface area contributed by atoms with Crippen LogP contribution in [0.1, 0.15) is 40.3 Å². The second-order valence-electron chi connectivity index (χ2n) is 9.43. The van der Waals surface area contributed by atoms with Gasteiger partial charge in [-0.05, 0) is 44.0 Å². The van der Waals surface area contributed by atoms with Gasteiger partial charge >= 0.3 is 5.97 Å². The summed E-state index contributed by atoms with van der Waals surface area (Å²) in [6, 6.07) is 8.14. The van der Waals surface area contributed by atoms with Gasteiger partial charge in [-0.1, -0.05) is 6.07 Å². The maximum Gasteiger partial charge on any atom is 0.326 e. The number of nitrogens with zero attached hydrogens (tertiary/aromatic N) is 5. The molecule has 0 radical (unpaired) electrons. The molecule has 5 rings (SSSR count). The number of amides is 1. The number of hydrogen-bond acceptors (Lipinski definition) is 6. The fraction of sp³-hybridized carbons (Fsp3) is 0.400. The first-order chi connectivity index (χ1) is 17.7. The van der Waals surface area contributed by atoms with Crippen molar-refractivity contribution in [3.63, 3.8) is 0 Å². The third kappa shape index (κ3) is 4.51. The number of aromatic nitrogens is 3. The summed E-state index contributed by atoms with van der Waals surface area (Å²) in [4.78, 5) is 31.1. The fourth-order valence-corrected chi connectivity index (χ4v) is 6.83. The minimum absolute atomic E-state index is 0.114. The van der Waals surface area contributed by atoms with E-state index >= 15 is 0 Å². The molecule has 5 heterocycles. The largest absolute Gasteiger partial charge is 0.480 e. The molecule has 12 heteroatoms. The summed E-state index contributed by atoms with van der Waals surface area (Å²) in [5.41, 5.74) is 2.33. The summed E-state index contributed by atoms with van der Waals surface area (Å²) in [7, 11) is -2.13. The van der Waals surface area contributed by atoms with Crippen molar-refractivity contribution in [3.8, 4) is 0 Å². The molecule has 0 bridgehead atoms. The summed E-state index contributed by atoms with van der Waals surface area (Å²) in [6.07, 6.45) is 4.84. The van der Waals surface area contributed by atoms with E-state index in [1.807, 2.05) is 22.9 Å². The number of carbonyl (C=O) groups is 2. The van der Waals surface area contributed by atoms with E-state index in [1.165, 1.54) is 10.4 Å². The van der Waals surface area contributed by atoms with Crippen LogP contribution in [0.5, 0.6) is 0 Å². The molecule has 196 valence electrons. The molecule has 0 saturated carbocycles. The normalized spacial score (nSPS) is 18.1. The summed E-state index contributed by atoms with van der Waals surface area (Å²) < 4.78 is 32.1. The predicted octanol–water partition coefficient (Wildman–Crippen LogP) is 1.72. The van der Waals surface area contributed by atoms with Crippen molar-refractivity contribution in [2.24, 2.45) is 7.05 Å². The van der Waals surface area contributed by atoms with Crippen molar-refractivity contribution >= 4 is 27.7 Å². The monoisotopic (exact) mass is 526 g/mol. The van der Waals surface area contributed by atoms with Crippen LogP contribution in [-0.2, 0) is 41.5 Å². The van der Waals surface area contributed by atoms with Crippen LogP contribution in [0.2, 0.25) is 0 Å². The van der Waals surface area contributed by atoms with E-state index < -0.39 is 27.9 Å². The van der Waals surface area contributed by atoms with Gasteiger partial charge in [0.05, 0.1) is 6.54 Å². The van der Waals surface area contributed by atoms with E-state index in [0.717, 1.165) is 12.1 Å². The molecule has 3 aromatic heterocycles. The maximum atomic E-state index is 13.5. The SMILES string of the molecule is Cc1c(S(=O)(=O)N2CCn3cccc3C2)cc(C(=O)NCc2cccnc2N2CCCC2C(=O)O)n1C. The minimum Gasteiger partial charge on any atom is -0.480 e. The topological polar surface area (TPSA) is 130 Å². The zero-order valence-electron chi connectivity index (χ0n) is 20.8. The molecule has 1 unspecified atom stereocenters. The molecule has 2 aliphatic heterocycles. The molecule has 2 aliphatic rings. The van der Waals surface area contributed by atoms with E-state index in [-0.39, 0.29) is 23.7 Å². The lowest BCUT2D eigenvalue weighted by atomic mass is 10.2. The van der Waals surface area contributed by atoms with Gasteiger partial charge in [0.15, 0.2) is 0 Å². The molecule has 1 amide bonds. The highest BCUT2D eigenvalue weighted by Gasteiger charge is 2.34. The van der Waals surface area contributed by atoms with Gasteiger partial charge in [-0.2, -0.15) is 4.31 Å². The molecule has 0 aromatic carbocycles. The molecule has 0 spiro atoms. The number of carboxylic acid groups (broad SMARTS) is 1. The van der Waals surface area contributed by atoms with Gasteiger partial charge in [0.25, 0.3) is 5.91 Å². The maximum absolute atomic E-state index is 13.5. The Kier molecular flexibility index (Phi) is 6.54. The van der Waals surface area contributed by atoms with Crippen molar-refractivity contribution in [1.29, 1.82) is 0 Å². The van der Waals surface area contributed by atoms with Crippen molar-refractivity contribution in [3.05, 3.63) is 65.4 Å². The first kappa shape index (κ1) is 25.0. The number of carboxylic acids is 1. The summed E-state index contributed by atoms with van der Waals surface area (Å²) >= 11 is 0. The van der Waals surface area contributed by atoms with E-state index in [1.54, 1.807) is 41.8 Å². The molecular weight excluding hydrogens is 496 g/mol. The number of rotatable bonds is 7. The van der Waals surface area contributed by atoms with Crippen molar-refractivity contribution in [2.75, 3.05) is 18.0 Å². The smallest absolute Gasteiger partial charge is 0.326 e. The van der Waals surface area contributed by atoms with Gasteiger partial charge in [0.2, 0.25) is 10.0 Å². The number of anilines is 1. The summed E-state index contributed by atoms with van der Waals surface area (Å²) in [5, 5.41) is 12.4. The van der Waals surface area contributed by atoms with E-state index in [2.05, 4.69) is 10.3 Å². The van der Waals surface area contributed by atoms with Gasteiger partial charge in [-0.25, -0.2) is 18.2 Å². The lowest BCUT2D eigenvalue weighted by molar-refractivity contribution is -0.138. The van der Waals surface area contributed by atoms with Crippen LogP contribution in [0.15, 0.2) is 47.6 Å². The highest BCUT2D eigenvalue weighted by molar-refractivity contribution is 7.89. The summed E-state index contributed by atoms with van der Waals surface area (Å²) in [6.45, 7) is 3.61. The molecule has 37 heavy (non-hydrogen) atoms. The van der Waals surface area contributed by atoms with Gasteiger partial charge < -0.3 is 24.5 Å². The second-order valence-corrected chi connectivity index (χ2v) is 11.3. The fourth-order valence-electron chi connectivity index (χ4n) is 5.15. The Morgan fingerprint density at radius 1 is 1.19 bits per heavy atom. The number of fused-ring (bicyclic) bond motifs is 1. The summed E-state index contributed by atoms with van der Waals surface area (Å²) in [5.74, 6) is -0.785. The number of sulfonamides is 1. The Hall–Kier alpha value is -3.64. The Morgan fingerprint density at radius 3 is 2.78 bits per heavy atom. The number of nitrogens with one attached hydrogen (secondary N) is 1. The van der Waals surface area contributed by atoms with E-state index in [4.69, 9.17) is 0 Å². The zero-order chi connectivity index (χ0) is 26.3. The number of carbonyl (C=O) groups excluding carboxylic acids is 1. The average Bonchev–Trinajstić information content (AvgIpc) is 3.62. The van der Waals surface area contributed by atoms with Crippen LogP contribution in [0.25, 0.3) is 0 Å². The molecule has 2 N–H and O–H groups in total. The van der Waals surface area contributed by atoms with Crippen LogP contribution in [0.4, 0.5) is 5.82 Å². The predicted molar refractivity (Wildman–Crippen MR) is 136 cm³/mol. The van der Waals surface area contributed by atoms with Crippen molar-refractivity contribution in [2.45, 2.75) is 50.3 Å². The minimum atomic E-state index is -3.80. The lowest BCUT2D eigenvalue weighted by Crippen LogP contribution is -2.38. The Balaban J connectivity index is 1.34. The van der Waals surface area contributed by atoms with Gasteiger partial charge in [-0.3, -0.25) is 4.79 Å². The van der Waals surface area contributed by atoms with Crippen molar-refractivity contribution in [1.82, 2.24) is 23.7 Å². The number of hydrogen-bond donors (Lipinski definition) is 2. The van der Waals surface area contributed by atoms with E-state index in [9.17, 15) is 23.1 Å². The number of pyridine rings is 1.